The summed E-state index contributed by atoms with van der Waals surface area (Å²) in [6.45, 7) is 13.2. The van der Waals surface area contributed by atoms with Crippen molar-refractivity contribution in [1.82, 2.24) is 15.1 Å². The summed E-state index contributed by atoms with van der Waals surface area (Å²) in [5.74, 6) is 3.16. The number of ether oxygens (including phenoxy) is 2. The number of benzene rings is 1. The van der Waals surface area contributed by atoms with E-state index in [-0.39, 0.29) is 0 Å². The fourth-order valence-electron chi connectivity index (χ4n) is 5.01. The molecule has 0 radical (unpaired) electrons. The maximum absolute atomic E-state index is 5.71. The third kappa shape index (κ3) is 7.78. The monoisotopic (exact) mass is 430 g/mol. The normalized spacial score (nSPS) is 25.2. The fourth-order valence-corrected chi connectivity index (χ4v) is 5.01. The lowest BCUT2D eigenvalue weighted by molar-refractivity contribution is 0.0536. The Labute approximate surface area is 189 Å². The van der Waals surface area contributed by atoms with E-state index in [9.17, 15) is 0 Å². The van der Waals surface area contributed by atoms with Crippen molar-refractivity contribution in [3.63, 3.8) is 0 Å². The lowest BCUT2D eigenvalue weighted by atomic mass is 9.91. The predicted octanol–water partition coefficient (Wildman–Crippen LogP) is 3.22. The molecule has 2 aliphatic rings. The second-order valence-corrected chi connectivity index (χ2v) is 9.53. The number of nitrogens with one attached hydrogen (secondary N) is 1. The van der Waals surface area contributed by atoms with Gasteiger partial charge in [0.1, 0.15) is 0 Å². The number of hydrogen-bond acceptors (Lipinski definition) is 4. The highest BCUT2D eigenvalue weighted by Crippen LogP contribution is 2.22. The van der Waals surface area contributed by atoms with E-state index in [4.69, 9.17) is 9.47 Å². The number of piperidine rings is 1. The SMILES string of the molecule is CN=C(NCc1ccc(CN2CC(C)CC(C)C2)cc1)N1CCC(COCCOC)C1. The molecule has 31 heavy (non-hydrogen) atoms. The molecule has 3 atom stereocenters. The number of methoxy groups -OCH3 is 1. The number of rotatable bonds is 9. The quantitative estimate of drug-likeness (QED) is 0.370. The minimum Gasteiger partial charge on any atom is -0.382 e. The Balaban J connectivity index is 1.41. The van der Waals surface area contributed by atoms with Crippen LogP contribution >= 0.6 is 0 Å². The van der Waals surface area contributed by atoms with Gasteiger partial charge in [-0.15, -0.1) is 0 Å². The highest BCUT2D eigenvalue weighted by molar-refractivity contribution is 5.80. The van der Waals surface area contributed by atoms with Crippen LogP contribution in [0.4, 0.5) is 0 Å². The molecule has 6 heteroatoms. The largest absolute Gasteiger partial charge is 0.382 e. The molecule has 0 spiro atoms. The van der Waals surface area contributed by atoms with Gasteiger partial charge in [0.05, 0.1) is 19.8 Å². The van der Waals surface area contributed by atoms with Gasteiger partial charge in [0.15, 0.2) is 5.96 Å². The van der Waals surface area contributed by atoms with E-state index in [1.54, 1.807) is 7.11 Å². The molecule has 2 fully saturated rings. The van der Waals surface area contributed by atoms with Crippen molar-refractivity contribution in [1.29, 1.82) is 0 Å². The summed E-state index contributed by atoms with van der Waals surface area (Å²) in [7, 11) is 3.58. The maximum atomic E-state index is 5.71. The van der Waals surface area contributed by atoms with Gasteiger partial charge in [-0.1, -0.05) is 38.1 Å². The number of hydrogen-bond donors (Lipinski definition) is 1. The molecule has 1 aromatic rings. The molecule has 1 aromatic carbocycles. The van der Waals surface area contributed by atoms with Crippen LogP contribution in [0, 0.1) is 17.8 Å². The summed E-state index contributed by atoms with van der Waals surface area (Å²) in [6, 6.07) is 9.07. The molecule has 1 N–H and O–H groups in total. The van der Waals surface area contributed by atoms with Gasteiger partial charge in [-0.25, -0.2) is 0 Å². The highest BCUT2D eigenvalue weighted by atomic mass is 16.5. The first-order valence-corrected chi connectivity index (χ1v) is 11.9. The van der Waals surface area contributed by atoms with Gasteiger partial charge in [-0.3, -0.25) is 9.89 Å². The Morgan fingerprint density at radius 1 is 1.06 bits per heavy atom. The van der Waals surface area contributed by atoms with Crippen LogP contribution in [0.3, 0.4) is 0 Å². The average molecular weight is 431 g/mol. The van der Waals surface area contributed by atoms with Crippen LogP contribution in [0.1, 0.15) is 37.8 Å². The second-order valence-electron chi connectivity index (χ2n) is 9.53. The van der Waals surface area contributed by atoms with Crippen molar-refractivity contribution in [3.05, 3.63) is 35.4 Å². The standard InChI is InChI=1S/C25H42N4O2/c1-20-13-21(2)16-28(15-20)17-23-7-5-22(6-8-23)14-27-25(26-3)29-10-9-24(18-29)19-31-12-11-30-4/h5-8,20-21,24H,9-19H2,1-4H3,(H,26,27). The topological polar surface area (TPSA) is 49.3 Å². The summed E-state index contributed by atoms with van der Waals surface area (Å²) in [4.78, 5) is 9.45. The third-order valence-electron chi connectivity index (χ3n) is 6.41. The van der Waals surface area contributed by atoms with Crippen molar-refractivity contribution in [2.75, 3.05) is 60.2 Å². The van der Waals surface area contributed by atoms with Gasteiger partial charge in [-0.2, -0.15) is 0 Å². The molecule has 0 saturated carbocycles. The fraction of sp³-hybridized carbons (Fsp3) is 0.720. The highest BCUT2D eigenvalue weighted by Gasteiger charge is 2.25. The molecule has 3 unspecified atom stereocenters. The van der Waals surface area contributed by atoms with Crippen molar-refractivity contribution < 1.29 is 9.47 Å². The van der Waals surface area contributed by atoms with E-state index >= 15 is 0 Å². The molecule has 0 aromatic heterocycles. The van der Waals surface area contributed by atoms with Crippen molar-refractivity contribution >= 4 is 5.96 Å². The molecule has 2 saturated heterocycles. The molecule has 0 amide bonds. The molecule has 2 heterocycles. The van der Waals surface area contributed by atoms with Crippen LogP contribution in [0.2, 0.25) is 0 Å². The number of aliphatic imine (C=N–C) groups is 1. The number of likely N-dealkylation sites (tertiary alicyclic amines) is 2. The van der Waals surface area contributed by atoms with Crippen LogP contribution in [0.15, 0.2) is 29.3 Å². The van der Waals surface area contributed by atoms with E-state index in [1.807, 2.05) is 7.05 Å². The van der Waals surface area contributed by atoms with Gasteiger partial charge in [-0.05, 0) is 35.8 Å². The Bertz CT molecular complexity index is 669. The minimum absolute atomic E-state index is 0.565. The van der Waals surface area contributed by atoms with E-state index in [0.717, 1.165) is 57.0 Å². The molecule has 0 aliphatic carbocycles. The summed E-state index contributed by atoms with van der Waals surface area (Å²) in [5.41, 5.74) is 2.70. The molecule has 6 nitrogen and oxygen atoms in total. The zero-order valence-electron chi connectivity index (χ0n) is 20.0. The Kier molecular flexibility index (Phi) is 9.62. The Morgan fingerprint density at radius 3 is 2.45 bits per heavy atom. The molecule has 3 rings (SSSR count). The first kappa shape index (κ1) is 24.0. The first-order valence-electron chi connectivity index (χ1n) is 11.9. The van der Waals surface area contributed by atoms with Gasteiger partial charge in [0, 0.05) is 59.3 Å². The van der Waals surface area contributed by atoms with Crippen molar-refractivity contribution in [3.8, 4) is 0 Å². The second kappa shape index (κ2) is 12.4. The maximum Gasteiger partial charge on any atom is 0.193 e. The Hall–Kier alpha value is -1.63. The first-order chi connectivity index (χ1) is 15.1. The van der Waals surface area contributed by atoms with Crippen LogP contribution < -0.4 is 5.32 Å². The smallest absolute Gasteiger partial charge is 0.193 e. The van der Waals surface area contributed by atoms with Crippen LogP contribution in [0.25, 0.3) is 0 Å². The predicted molar refractivity (Wildman–Crippen MR) is 127 cm³/mol. The summed E-state index contributed by atoms with van der Waals surface area (Å²) in [5, 5.41) is 3.54. The van der Waals surface area contributed by atoms with Crippen LogP contribution in [-0.4, -0.2) is 75.9 Å². The van der Waals surface area contributed by atoms with E-state index in [1.165, 1.54) is 30.6 Å². The summed E-state index contributed by atoms with van der Waals surface area (Å²) in [6.07, 6.45) is 2.51. The van der Waals surface area contributed by atoms with Gasteiger partial charge in [0.2, 0.25) is 0 Å². The summed E-state index contributed by atoms with van der Waals surface area (Å²) >= 11 is 0. The molecule has 2 aliphatic heterocycles. The van der Waals surface area contributed by atoms with E-state index in [2.05, 4.69) is 58.2 Å². The summed E-state index contributed by atoms with van der Waals surface area (Å²) < 4.78 is 10.8. The molecule has 0 bridgehead atoms. The van der Waals surface area contributed by atoms with E-state index in [0.29, 0.717) is 19.1 Å². The van der Waals surface area contributed by atoms with Gasteiger partial charge >= 0.3 is 0 Å². The van der Waals surface area contributed by atoms with Crippen LogP contribution in [-0.2, 0) is 22.6 Å². The zero-order chi connectivity index (χ0) is 22.1. The van der Waals surface area contributed by atoms with Gasteiger partial charge < -0.3 is 19.7 Å². The lowest BCUT2D eigenvalue weighted by Gasteiger charge is -2.35. The van der Waals surface area contributed by atoms with Gasteiger partial charge in [0.25, 0.3) is 0 Å². The third-order valence-corrected chi connectivity index (χ3v) is 6.41. The van der Waals surface area contributed by atoms with Crippen molar-refractivity contribution in [2.24, 2.45) is 22.7 Å². The zero-order valence-corrected chi connectivity index (χ0v) is 20.0. The molecule has 174 valence electrons. The minimum atomic E-state index is 0.565. The van der Waals surface area contributed by atoms with Crippen LogP contribution in [0.5, 0.6) is 0 Å². The average Bonchev–Trinajstić information content (AvgIpc) is 3.21. The number of nitrogens with zero attached hydrogens (tertiary/aromatic N) is 3. The van der Waals surface area contributed by atoms with E-state index < -0.39 is 0 Å². The Morgan fingerprint density at radius 2 is 1.77 bits per heavy atom. The number of guanidine groups is 1. The van der Waals surface area contributed by atoms with Crippen molar-refractivity contribution in [2.45, 2.75) is 39.8 Å². The molecular weight excluding hydrogens is 388 g/mol. The lowest BCUT2D eigenvalue weighted by Crippen LogP contribution is -2.39. The molecular formula is C25H42N4O2.